The number of anilines is 1. The van der Waals surface area contributed by atoms with Gasteiger partial charge in [-0.3, -0.25) is 4.79 Å². The molecule has 122 valence electrons. The lowest BCUT2D eigenvalue weighted by Crippen LogP contribution is -2.24. The van der Waals surface area contributed by atoms with Gasteiger partial charge >= 0.3 is 0 Å². The second kappa shape index (κ2) is 6.86. The molecule has 0 heterocycles. The molecule has 3 nitrogen and oxygen atoms in total. The molecule has 0 aliphatic rings. The first-order valence-corrected chi connectivity index (χ1v) is 8.00. The Morgan fingerprint density at radius 2 is 1.65 bits per heavy atom. The maximum Gasteiger partial charge on any atom is 0.202 e. The van der Waals surface area contributed by atoms with Crippen molar-refractivity contribution in [3.05, 3.63) is 59.7 Å². The van der Waals surface area contributed by atoms with Crippen molar-refractivity contribution in [3.63, 3.8) is 0 Å². The van der Waals surface area contributed by atoms with Gasteiger partial charge in [-0.1, -0.05) is 45.0 Å². The van der Waals surface area contributed by atoms with Crippen LogP contribution in [0, 0.1) is 0 Å². The number of nitrogens with two attached hydrogens (primary N) is 1. The highest BCUT2D eigenvalue weighted by Crippen LogP contribution is 2.27. The summed E-state index contributed by atoms with van der Waals surface area (Å²) < 4.78 is 5.70. The van der Waals surface area contributed by atoms with E-state index < -0.39 is 6.10 Å². The van der Waals surface area contributed by atoms with Crippen LogP contribution in [0.5, 0.6) is 5.75 Å². The molecule has 0 saturated heterocycles. The molecule has 0 radical (unpaired) electrons. The van der Waals surface area contributed by atoms with E-state index in [1.807, 2.05) is 24.3 Å². The lowest BCUT2D eigenvalue weighted by molar-refractivity contribution is 0.0818. The predicted molar refractivity (Wildman–Crippen MR) is 95.0 cm³/mol. The topological polar surface area (TPSA) is 52.3 Å². The Morgan fingerprint density at radius 1 is 1.09 bits per heavy atom. The van der Waals surface area contributed by atoms with Crippen LogP contribution in [0.2, 0.25) is 0 Å². The number of ketones is 1. The SMILES string of the molecule is CCC(C)(C)c1ccc(C(=O)C(C)Oc2ccc(N)cc2)cc1. The van der Waals surface area contributed by atoms with Gasteiger partial charge in [0.25, 0.3) is 0 Å². The van der Waals surface area contributed by atoms with Gasteiger partial charge in [0, 0.05) is 11.3 Å². The Balaban J connectivity index is 2.09. The molecule has 2 aromatic rings. The number of carbonyl (C=O) groups excluding carboxylic acids is 1. The second-order valence-corrected chi connectivity index (χ2v) is 6.51. The van der Waals surface area contributed by atoms with Crippen LogP contribution in [0.25, 0.3) is 0 Å². The van der Waals surface area contributed by atoms with Crippen molar-refractivity contribution in [2.24, 2.45) is 0 Å². The van der Waals surface area contributed by atoms with Gasteiger partial charge in [-0.05, 0) is 48.6 Å². The largest absolute Gasteiger partial charge is 0.483 e. The number of ether oxygens (including phenoxy) is 1. The number of Topliss-reactive ketones (excluding diaryl/α,β-unsaturated/α-hetero) is 1. The second-order valence-electron chi connectivity index (χ2n) is 6.51. The molecule has 0 bridgehead atoms. The zero-order valence-corrected chi connectivity index (χ0v) is 14.3. The van der Waals surface area contributed by atoms with Gasteiger partial charge in [-0.15, -0.1) is 0 Å². The highest BCUT2D eigenvalue weighted by Gasteiger charge is 2.20. The highest BCUT2D eigenvalue weighted by atomic mass is 16.5. The van der Waals surface area contributed by atoms with Crippen LogP contribution in [0.1, 0.15) is 50.0 Å². The van der Waals surface area contributed by atoms with E-state index in [1.54, 1.807) is 31.2 Å². The average molecular weight is 311 g/mol. The zero-order valence-electron chi connectivity index (χ0n) is 14.3. The minimum absolute atomic E-state index is 0.0253. The lowest BCUT2D eigenvalue weighted by Gasteiger charge is -2.23. The molecule has 0 amide bonds. The summed E-state index contributed by atoms with van der Waals surface area (Å²) in [6.07, 6.45) is 0.514. The maximum atomic E-state index is 12.5. The molecule has 3 heteroatoms. The summed E-state index contributed by atoms with van der Waals surface area (Å²) in [6, 6.07) is 14.9. The predicted octanol–water partition coefficient (Wildman–Crippen LogP) is 4.61. The van der Waals surface area contributed by atoms with Crippen LogP contribution in [-0.2, 0) is 5.41 Å². The summed E-state index contributed by atoms with van der Waals surface area (Å²) in [7, 11) is 0. The normalized spacial score (nSPS) is 12.7. The van der Waals surface area contributed by atoms with Crippen molar-refractivity contribution in [3.8, 4) is 5.75 Å². The van der Waals surface area contributed by atoms with E-state index in [9.17, 15) is 4.79 Å². The number of hydrogen-bond donors (Lipinski definition) is 1. The molecular weight excluding hydrogens is 286 g/mol. The van der Waals surface area contributed by atoms with Crippen molar-refractivity contribution in [2.75, 3.05) is 5.73 Å². The fraction of sp³-hybridized carbons (Fsp3) is 0.350. The Kier molecular flexibility index (Phi) is 5.09. The van der Waals surface area contributed by atoms with Crippen molar-refractivity contribution in [1.82, 2.24) is 0 Å². The van der Waals surface area contributed by atoms with Crippen molar-refractivity contribution >= 4 is 11.5 Å². The quantitative estimate of drug-likeness (QED) is 0.626. The van der Waals surface area contributed by atoms with Crippen LogP contribution < -0.4 is 10.5 Å². The summed E-state index contributed by atoms with van der Waals surface area (Å²) >= 11 is 0. The van der Waals surface area contributed by atoms with Gasteiger partial charge in [0.2, 0.25) is 5.78 Å². The third kappa shape index (κ3) is 4.13. The third-order valence-electron chi connectivity index (χ3n) is 4.40. The van der Waals surface area contributed by atoms with E-state index >= 15 is 0 Å². The molecule has 0 aliphatic carbocycles. The number of benzene rings is 2. The number of carbonyl (C=O) groups is 1. The Labute approximate surface area is 138 Å². The number of nitrogen functional groups attached to an aromatic ring is 1. The molecular formula is C20H25NO2. The molecule has 0 saturated carbocycles. The molecule has 1 unspecified atom stereocenters. The van der Waals surface area contributed by atoms with Gasteiger partial charge in [-0.2, -0.15) is 0 Å². The standard InChI is InChI=1S/C20H25NO2/c1-5-20(3,4)16-8-6-15(7-9-16)19(22)14(2)23-18-12-10-17(21)11-13-18/h6-14H,5,21H2,1-4H3. The summed E-state index contributed by atoms with van der Waals surface area (Å²) in [5.41, 5.74) is 8.35. The fourth-order valence-electron chi connectivity index (χ4n) is 2.33. The molecule has 23 heavy (non-hydrogen) atoms. The van der Waals surface area contributed by atoms with Crippen LogP contribution in [0.15, 0.2) is 48.5 Å². The van der Waals surface area contributed by atoms with Gasteiger partial charge in [-0.25, -0.2) is 0 Å². The smallest absolute Gasteiger partial charge is 0.202 e. The molecule has 0 fully saturated rings. The first kappa shape index (κ1) is 17.1. The fourth-order valence-corrected chi connectivity index (χ4v) is 2.33. The van der Waals surface area contributed by atoms with E-state index in [1.165, 1.54) is 5.56 Å². The Morgan fingerprint density at radius 3 is 2.17 bits per heavy atom. The first-order chi connectivity index (χ1) is 10.8. The molecule has 0 aliphatic heterocycles. The van der Waals surface area contributed by atoms with Crippen LogP contribution in [0.3, 0.4) is 0 Å². The van der Waals surface area contributed by atoms with Gasteiger partial charge < -0.3 is 10.5 Å². The Bertz CT molecular complexity index is 657. The van der Waals surface area contributed by atoms with Crippen LogP contribution in [-0.4, -0.2) is 11.9 Å². The number of rotatable bonds is 6. The monoisotopic (exact) mass is 311 g/mol. The number of hydrogen-bond acceptors (Lipinski definition) is 3. The summed E-state index contributed by atoms with van der Waals surface area (Å²) in [6.45, 7) is 8.34. The van der Waals surface area contributed by atoms with Gasteiger partial charge in [0.05, 0.1) is 0 Å². The summed E-state index contributed by atoms with van der Waals surface area (Å²) in [5.74, 6) is 0.617. The minimum Gasteiger partial charge on any atom is -0.483 e. The minimum atomic E-state index is -0.538. The molecule has 0 spiro atoms. The van der Waals surface area contributed by atoms with E-state index in [2.05, 4.69) is 20.8 Å². The lowest BCUT2D eigenvalue weighted by atomic mass is 9.82. The van der Waals surface area contributed by atoms with E-state index in [4.69, 9.17) is 10.5 Å². The molecule has 2 aromatic carbocycles. The molecule has 2 rings (SSSR count). The van der Waals surface area contributed by atoms with Crippen molar-refractivity contribution < 1.29 is 9.53 Å². The summed E-state index contributed by atoms with van der Waals surface area (Å²) in [4.78, 5) is 12.5. The first-order valence-electron chi connectivity index (χ1n) is 8.00. The van der Waals surface area contributed by atoms with Crippen molar-refractivity contribution in [2.45, 2.75) is 45.6 Å². The van der Waals surface area contributed by atoms with Crippen LogP contribution >= 0.6 is 0 Å². The van der Waals surface area contributed by atoms with E-state index in [0.29, 0.717) is 17.0 Å². The Hall–Kier alpha value is -2.29. The maximum absolute atomic E-state index is 12.5. The summed E-state index contributed by atoms with van der Waals surface area (Å²) in [5, 5.41) is 0. The third-order valence-corrected chi connectivity index (χ3v) is 4.40. The van der Waals surface area contributed by atoms with Gasteiger partial charge in [0.1, 0.15) is 5.75 Å². The van der Waals surface area contributed by atoms with E-state index in [-0.39, 0.29) is 11.2 Å². The molecule has 2 N–H and O–H groups in total. The zero-order chi connectivity index (χ0) is 17.0. The van der Waals surface area contributed by atoms with Crippen molar-refractivity contribution in [1.29, 1.82) is 0 Å². The highest BCUT2D eigenvalue weighted by molar-refractivity contribution is 5.99. The average Bonchev–Trinajstić information content (AvgIpc) is 2.56. The molecule has 1 atom stereocenters. The van der Waals surface area contributed by atoms with Crippen LogP contribution in [0.4, 0.5) is 5.69 Å². The molecule has 0 aromatic heterocycles. The van der Waals surface area contributed by atoms with Gasteiger partial charge in [0.15, 0.2) is 6.10 Å². The van der Waals surface area contributed by atoms with E-state index in [0.717, 1.165) is 6.42 Å².